The zero-order chi connectivity index (χ0) is 31.2. The number of non-ortho nitro benzene ring substituents is 1. The molecule has 0 spiro atoms. The van der Waals surface area contributed by atoms with Crippen molar-refractivity contribution < 1.29 is 9.66 Å². The number of halogens is 3. The Morgan fingerprint density at radius 3 is 2.49 bits per heavy atom. The van der Waals surface area contributed by atoms with Crippen LogP contribution in [0.15, 0.2) is 114 Å². The summed E-state index contributed by atoms with van der Waals surface area (Å²) in [6.45, 7) is 0.190. The van der Waals surface area contributed by atoms with E-state index in [1.165, 1.54) is 29.0 Å². The molecule has 45 heavy (non-hydrogen) atoms. The lowest BCUT2D eigenvalue weighted by Crippen LogP contribution is -2.38. The van der Waals surface area contributed by atoms with Crippen molar-refractivity contribution in [3.63, 3.8) is 0 Å². The second kappa shape index (κ2) is 12.3. The Morgan fingerprint density at radius 2 is 1.73 bits per heavy atom. The Hall–Kier alpha value is -3.64. The van der Waals surface area contributed by atoms with Gasteiger partial charge in [-0.25, -0.2) is 4.99 Å². The summed E-state index contributed by atoms with van der Waals surface area (Å²) >= 11 is 12.1. The number of aromatic nitrogens is 1. The maximum atomic E-state index is 14.3. The number of allylic oxidation sites excluding steroid dienone is 1. The fraction of sp³-hybridized carbons (Fsp3) is 0.118. The molecule has 11 heteroatoms. The van der Waals surface area contributed by atoms with Gasteiger partial charge in [-0.2, -0.15) is 0 Å². The highest BCUT2D eigenvalue weighted by Crippen LogP contribution is 2.41. The number of aryl methyl sites for hydroxylation is 1. The SMILES string of the molecule is O=c1/c(=C\c2cc(Br)cc(Br)c2OCc2ccc([N+](=O)[O-])cc2)sc2n1[C@H](c1ccc(Br)cc1)C1=C(N=2)c2ccccc2CC1. The van der Waals surface area contributed by atoms with Crippen LogP contribution in [-0.4, -0.2) is 9.49 Å². The molecular weight excluding hydrogens is 786 g/mol. The van der Waals surface area contributed by atoms with Crippen molar-refractivity contribution in [1.29, 1.82) is 0 Å². The molecule has 2 heterocycles. The van der Waals surface area contributed by atoms with E-state index in [1.54, 1.807) is 12.1 Å². The molecule has 0 bridgehead atoms. The zero-order valence-corrected chi connectivity index (χ0v) is 29.0. The number of hydrogen-bond acceptors (Lipinski definition) is 6. The van der Waals surface area contributed by atoms with Gasteiger partial charge in [0.05, 0.1) is 25.7 Å². The van der Waals surface area contributed by atoms with Crippen LogP contribution < -0.4 is 19.6 Å². The average Bonchev–Trinajstić information content (AvgIpc) is 3.34. The third-order valence-electron chi connectivity index (χ3n) is 7.91. The van der Waals surface area contributed by atoms with Gasteiger partial charge in [0.1, 0.15) is 12.4 Å². The van der Waals surface area contributed by atoms with Crippen LogP contribution in [0.5, 0.6) is 5.75 Å². The van der Waals surface area contributed by atoms with E-state index in [9.17, 15) is 14.9 Å². The minimum Gasteiger partial charge on any atom is -0.487 e. The Labute approximate surface area is 286 Å². The van der Waals surface area contributed by atoms with Crippen LogP contribution in [0.2, 0.25) is 0 Å². The van der Waals surface area contributed by atoms with Crippen molar-refractivity contribution in [2.75, 3.05) is 0 Å². The molecule has 1 aromatic heterocycles. The summed E-state index contributed by atoms with van der Waals surface area (Å²) in [6.07, 6.45) is 3.56. The highest BCUT2D eigenvalue weighted by Gasteiger charge is 2.32. The predicted molar refractivity (Wildman–Crippen MR) is 186 cm³/mol. The quantitative estimate of drug-likeness (QED) is 0.128. The zero-order valence-electron chi connectivity index (χ0n) is 23.4. The van der Waals surface area contributed by atoms with Crippen LogP contribution in [-0.2, 0) is 13.0 Å². The van der Waals surface area contributed by atoms with Gasteiger partial charge >= 0.3 is 0 Å². The molecule has 0 radical (unpaired) electrons. The molecule has 224 valence electrons. The van der Waals surface area contributed by atoms with E-state index in [0.717, 1.165) is 49.7 Å². The summed E-state index contributed by atoms with van der Waals surface area (Å²) in [5, 5.41) is 11.1. The molecular formula is C34H22Br3N3O4S. The molecule has 2 aliphatic rings. The van der Waals surface area contributed by atoms with Gasteiger partial charge in [-0.3, -0.25) is 19.5 Å². The summed E-state index contributed by atoms with van der Waals surface area (Å²) in [5.41, 5.74) is 6.91. The number of thiazole rings is 1. The molecule has 4 aromatic carbocycles. The smallest absolute Gasteiger partial charge is 0.271 e. The molecule has 0 saturated heterocycles. The van der Waals surface area contributed by atoms with Gasteiger partial charge in [0, 0.05) is 32.2 Å². The molecule has 0 fully saturated rings. The number of nitro benzene ring substituents is 1. The summed E-state index contributed by atoms with van der Waals surface area (Å²) in [5.74, 6) is 0.556. The van der Waals surface area contributed by atoms with E-state index in [-0.39, 0.29) is 23.9 Å². The number of nitro groups is 1. The number of benzene rings is 4. The first-order valence-corrected chi connectivity index (χ1v) is 17.2. The van der Waals surface area contributed by atoms with E-state index in [4.69, 9.17) is 9.73 Å². The van der Waals surface area contributed by atoms with Gasteiger partial charge in [0.2, 0.25) is 0 Å². The van der Waals surface area contributed by atoms with Crippen LogP contribution >= 0.6 is 59.1 Å². The fourth-order valence-corrected chi connectivity index (χ4v) is 8.45. The lowest BCUT2D eigenvalue weighted by atomic mass is 9.83. The topological polar surface area (TPSA) is 86.7 Å². The first kappa shape index (κ1) is 30.0. The lowest BCUT2D eigenvalue weighted by molar-refractivity contribution is -0.384. The molecule has 0 saturated carbocycles. The largest absolute Gasteiger partial charge is 0.487 e. The van der Waals surface area contributed by atoms with Gasteiger partial charge in [0.15, 0.2) is 4.80 Å². The predicted octanol–water partition coefficient (Wildman–Crippen LogP) is 8.09. The number of hydrogen-bond donors (Lipinski definition) is 0. The van der Waals surface area contributed by atoms with E-state index in [2.05, 4.69) is 78.1 Å². The molecule has 0 amide bonds. The number of fused-ring (bicyclic) bond motifs is 3. The van der Waals surface area contributed by atoms with E-state index in [1.807, 2.05) is 41.0 Å². The molecule has 1 aliphatic carbocycles. The van der Waals surface area contributed by atoms with Crippen molar-refractivity contribution >= 4 is 76.6 Å². The van der Waals surface area contributed by atoms with Gasteiger partial charge in [-0.15, -0.1) is 0 Å². The summed E-state index contributed by atoms with van der Waals surface area (Å²) in [6, 6.07) is 26.3. The fourth-order valence-electron chi connectivity index (χ4n) is 5.82. The van der Waals surface area contributed by atoms with Crippen molar-refractivity contribution in [3.05, 3.63) is 162 Å². The van der Waals surface area contributed by atoms with Crippen LogP contribution in [0, 0.1) is 10.1 Å². The number of rotatable bonds is 6. The Bertz CT molecular complexity index is 2210. The highest BCUT2D eigenvalue weighted by molar-refractivity contribution is 9.11. The minimum atomic E-state index is -0.430. The molecule has 7 rings (SSSR count). The average molecular weight is 808 g/mol. The third-order valence-corrected chi connectivity index (χ3v) is 10.5. The molecule has 0 unspecified atom stereocenters. The Balaban J connectivity index is 1.35. The van der Waals surface area contributed by atoms with Crippen LogP contribution in [0.3, 0.4) is 0 Å². The standard InChI is InChI=1S/C34H22Br3N3O4S/c35-23-10-7-21(8-11-23)31-27-14-9-20-3-1-2-4-26(20)30(27)38-34-39(31)33(41)29(45-34)16-22-15-24(36)17-28(37)32(22)44-18-19-5-12-25(13-6-19)40(42)43/h1-8,10-13,15-17,31H,9,14,18H2/b29-16+/t31-/m1/s1. The lowest BCUT2D eigenvalue weighted by Gasteiger charge is -2.30. The van der Waals surface area contributed by atoms with Crippen LogP contribution in [0.1, 0.15) is 40.3 Å². The first-order valence-electron chi connectivity index (χ1n) is 14.0. The van der Waals surface area contributed by atoms with Crippen molar-refractivity contribution in [1.82, 2.24) is 4.57 Å². The van der Waals surface area contributed by atoms with Gasteiger partial charge < -0.3 is 4.74 Å². The van der Waals surface area contributed by atoms with Crippen molar-refractivity contribution in [2.24, 2.45) is 4.99 Å². The van der Waals surface area contributed by atoms with Crippen molar-refractivity contribution in [2.45, 2.75) is 25.5 Å². The molecule has 1 atom stereocenters. The van der Waals surface area contributed by atoms with Gasteiger partial charge in [-0.05, 0) is 93.5 Å². The maximum absolute atomic E-state index is 14.3. The summed E-state index contributed by atoms with van der Waals surface area (Å²) in [4.78, 5) is 30.7. The summed E-state index contributed by atoms with van der Waals surface area (Å²) < 4.78 is 11.1. The highest BCUT2D eigenvalue weighted by atomic mass is 79.9. The van der Waals surface area contributed by atoms with E-state index >= 15 is 0 Å². The van der Waals surface area contributed by atoms with E-state index < -0.39 is 4.92 Å². The van der Waals surface area contributed by atoms with Gasteiger partial charge in [0.25, 0.3) is 11.2 Å². The second-order valence-electron chi connectivity index (χ2n) is 10.7. The normalized spacial score (nSPS) is 15.6. The third kappa shape index (κ3) is 5.78. The summed E-state index contributed by atoms with van der Waals surface area (Å²) in [7, 11) is 0. The maximum Gasteiger partial charge on any atom is 0.271 e. The molecule has 1 aliphatic heterocycles. The monoisotopic (exact) mass is 805 g/mol. The van der Waals surface area contributed by atoms with Crippen molar-refractivity contribution in [3.8, 4) is 5.75 Å². The second-order valence-corrected chi connectivity index (χ2v) is 14.4. The minimum absolute atomic E-state index is 0.0197. The molecule has 5 aromatic rings. The van der Waals surface area contributed by atoms with Gasteiger partial charge in [-0.1, -0.05) is 79.6 Å². The van der Waals surface area contributed by atoms with Crippen LogP contribution in [0.25, 0.3) is 11.8 Å². The number of ether oxygens (including phenoxy) is 1. The molecule has 0 N–H and O–H groups in total. The van der Waals surface area contributed by atoms with E-state index in [0.29, 0.717) is 25.1 Å². The first-order chi connectivity index (χ1) is 21.8. The van der Waals surface area contributed by atoms with Crippen LogP contribution in [0.4, 0.5) is 5.69 Å². The number of nitrogens with zero attached hydrogens (tertiary/aromatic N) is 3. The Morgan fingerprint density at radius 1 is 0.978 bits per heavy atom. The molecule has 7 nitrogen and oxygen atoms in total. The Kier molecular flexibility index (Phi) is 8.20.